The van der Waals surface area contributed by atoms with Crippen LogP contribution >= 0.6 is 0 Å². The third kappa shape index (κ3) is 4.07. The van der Waals surface area contributed by atoms with Crippen LogP contribution in [0, 0.1) is 5.92 Å². The predicted molar refractivity (Wildman–Crippen MR) is 76.5 cm³/mol. The van der Waals surface area contributed by atoms with Crippen LogP contribution in [0.2, 0.25) is 0 Å². The van der Waals surface area contributed by atoms with Crippen molar-refractivity contribution >= 4 is 5.69 Å². The fourth-order valence-corrected chi connectivity index (χ4v) is 2.69. The fourth-order valence-electron chi connectivity index (χ4n) is 2.69. The third-order valence-electron chi connectivity index (χ3n) is 3.43. The van der Waals surface area contributed by atoms with Crippen molar-refractivity contribution in [3.05, 3.63) is 24.3 Å². The number of ether oxygens (including phenoxy) is 1. The lowest BCUT2D eigenvalue weighted by molar-refractivity contribution is -0.0495. The van der Waals surface area contributed by atoms with Crippen LogP contribution in [0.4, 0.5) is 14.5 Å². The molecular formula is C15H22F2N2O. The van der Waals surface area contributed by atoms with Crippen molar-refractivity contribution in [3.63, 3.8) is 0 Å². The molecule has 1 fully saturated rings. The molecule has 112 valence electrons. The molecule has 1 saturated heterocycles. The van der Waals surface area contributed by atoms with E-state index >= 15 is 0 Å². The first-order chi connectivity index (χ1) is 9.56. The standard InChI is InChI=1S/C15H22F2N2O/c1-11(2)9-12-10-19(8-7-18-12)13-5-3-4-6-14(13)20-15(16)17/h3-6,11-12,15,18H,7-10H2,1-2H3. The molecule has 0 bridgehead atoms. The number of hydrogen-bond acceptors (Lipinski definition) is 3. The average Bonchev–Trinajstić information content (AvgIpc) is 2.38. The molecule has 1 aliphatic rings. The van der Waals surface area contributed by atoms with Crippen molar-refractivity contribution in [3.8, 4) is 5.75 Å². The summed E-state index contributed by atoms with van der Waals surface area (Å²) in [5, 5.41) is 3.48. The van der Waals surface area contributed by atoms with E-state index in [-0.39, 0.29) is 5.75 Å². The number of alkyl halides is 2. The van der Waals surface area contributed by atoms with Crippen LogP contribution in [-0.4, -0.2) is 32.3 Å². The van der Waals surface area contributed by atoms with Crippen LogP contribution in [0.25, 0.3) is 0 Å². The zero-order valence-electron chi connectivity index (χ0n) is 12.0. The van der Waals surface area contributed by atoms with Gasteiger partial charge in [0.2, 0.25) is 0 Å². The molecule has 1 aromatic carbocycles. The van der Waals surface area contributed by atoms with Gasteiger partial charge in [0.15, 0.2) is 0 Å². The van der Waals surface area contributed by atoms with Crippen LogP contribution in [0.1, 0.15) is 20.3 Å². The lowest BCUT2D eigenvalue weighted by atomic mass is 10.0. The Kier molecular flexibility index (Phi) is 5.17. The predicted octanol–water partition coefficient (Wildman–Crippen LogP) is 3.11. The maximum atomic E-state index is 12.5. The number of nitrogens with zero attached hydrogens (tertiary/aromatic N) is 1. The van der Waals surface area contributed by atoms with Crippen molar-refractivity contribution in [1.29, 1.82) is 0 Å². The molecule has 0 spiro atoms. The quantitative estimate of drug-likeness (QED) is 0.899. The SMILES string of the molecule is CC(C)CC1CN(c2ccccc2OC(F)F)CCN1. The van der Waals surface area contributed by atoms with Crippen molar-refractivity contribution in [1.82, 2.24) is 5.32 Å². The van der Waals surface area contributed by atoms with Gasteiger partial charge in [0.1, 0.15) is 5.75 Å². The molecule has 1 unspecified atom stereocenters. The summed E-state index contributed by atoms with van der Waals surface area (Å²) in [5.41, 5.74) is 0.753. The Morgan fingerprint density at radius 3 is 2.80 bits per heavy atom. The van der Waals surface area contributed by atoms with E-state index in [0.29, 0.717) is 12.0 Å². The monoisotopic (exact) mass is 284 g/mol. The summed E-state index contributed by atoms with van der Waals surface area (Å²) >= 11 is 0. The molecule has 1 aliphatic heterocycles. The van der Waals surface area contributed by atoms with E-state index in [1.165, 1.54) is 0 Å². The molecule has 0 saturated carbocycles. The summed E-state index contributed by atoms with van der Waals surface area (Å²) in [6.07, 6.45) is 1.08. The number of piperazine rings is 1. The van der Waals surface area contributed by atoms with E-state index in [4.69, 9.17) is 0 Å². The molecule has 1 N–H and O–H groups in total. The molecule has 20 heavy (non-hydrogen) atoms. The Labute approximate surface area is 118 Å². The number of anilines is 1. The highest BCUT2D eigenvalue weighted by Crippen LogP contribution is 2.30. The zero-order valence-corrected chi connectivity index (χ0v) is 12.0. The number of halogens is 2. The molecule has 2 rings (SSSR count). The lowest BCUT2D eigenvalue weighted by Crippen LogP contribution is -2.51. The van der Waals surface area contributed by atoms with Crippen LogP contribution in [0.5, 0.6) is 5.75 Å². The molecule has 0 aromatic heterocycles. The highest BCUT2D eigenvalue weighted by atomic mass is 19.3. The molecule has 1 heterocycles. The van der Waals surface area contributed by atoms with Crippen LogP contribution in [0.15, 0.2) is 24.3 Å². The minimum absolute atomic E-state index is 0.257. The number of nitrogens with one attached hydrogen (secondary N) is 1. The number of para-hydroxylation sites is 2. The first kappa shape index (κ1) is 15.0. The van der Waals surface area contributed by atoms with Gasteiger partial charge in [0, 0.05) is 25.7 Å². The van der Waals surface area contributed by atoms with E-state index in [0.717, 1.165) is 31.7 Å². The second-order valence-electron chi connectivity index (χ2n) is 5.57. The van der Waals surface area contributed by atoms with Gasteiger partial charge in [-0.25, -0.2) is 0 Å². The van der Waals surface area contributed by atoms with Crippen LogP contribution in [0.3, 0.4) is 0 Å². The number of benzene rings is 1. The molecular weight excluding hydrogens is 262 g/mol. The van der Waals surface area contributed by atoms with Gasteiger partial charge >= 0.3 is 6.61 Å². The smallest absolute Gasteiger partial charge is 0.387 e. The minimum atomic E-state index is -2.79. The summed E-state index contributed by atoms with van der Waals surface area (Å²) in [7, 11) is 0. The van der Waals surface area contributed by atoms with Crippen molar-refractivity contribution < 1.29 is 13.5 Å². The summed E-state index contributed by atoms with van der Waals surface area (Å²) in [6, 6.07) is 7.40. The molecule has 3 nitrogen and oxygen atoms in total. The summed E-state index contributed by atoms with van der Waals surface area (Å²) in [6.45, 7) is 4.08. The number of rotatable bonds is 5. The lowest BCUT2D eigenvalue weighted by Gasteiger charge is -2.36. The maximum absolute atomic E-state index is 12.5. The Bertz CT molecular complexity index is 426. The highest BCUT2D eigenvalue weighted by Gasteiger charge is 2.23. The van der Waals surface area contributed by atoms with Gasteiger partial charge in [-0.15, -0.1) is 0 Å². The van der Waals surface area contributed by atoms with Crippen molar-refractivity contribution in [2.24, 2.45) is 5.92 Å². The van der Waals surface area contributed by atoms with Gasteiger partial charge in [-0.3, -0.25) is 0 Å². The van der Waals surface area contributed by atoms with E-state index in [9.17, 15) is 8.78 Å². The van der Waals surface area contributed by atoms with Crippen molar-refractivity contribution in [2.45, 2.75) is 32.9 Å². The topological polar surface area (TPSA) is 24.5 Å². The van der Waals surface area contributed by atoms with Gasteiger partial charge < -0.3 is 15.0 Å². The third-order valence-corrected chi connectivity index (χ3v) is 3.43. The summed E-state index contributed by atoms with van der Waals surface area (Å²) < 4.78 is 29.5. The fraction of sp³-hybridized carbons (Fsp3) is 0.600. The average molecular weight is 284 g/mol. The molecule has 1 aromatic rings. The molecule has 0 amide bonds. The van der Waals surface area contributed by atoms with Gasteiger partial charge in [-0.1, -0.05) is 26.0 Å². The van der Waals surface area contributed by atoms with Gasteiger partial charge in [0.25, 0.3) is 0 Å². The Hall–Kier alpha value is -1.36. The van der Waals surface area contributed by atoms with Crippen LogP contribution in [-0.2, 0) is 0 Å². The molecule has 0 radical (unpaired) electrons. The molecule has 0 aliphatic carbocycles. The van der Waals surface area contributed by atoms with E-state index < -0.39 is 6.61 Å². The zero-order chi connectivity index (χ0) is 14.5. The molecule has 1 atom stereocenters. The Morgan fingerprint density at radius 1 is 1.35 bits per heavy atom. The first-order valence-corrected chi connectivity index (χ1v) is 7.08. The Balaban J connectivity index is 2.10. The van der Waals surface area contributed by atoms with E-state index in [2.05, 4.69) is 28.8 Å². The largest absolute Gasteiger partial charge is 0.433 e. The van der Waals surface area contributed by atoms with Crippen molar-refractivity contribution in [2.75, 3.05) is 24.5 Å². The normalized spacial score (nSPS) is 19.7. The second kappa shape index (κ2) is 6.88. The number of hydrogen-bond donors (Lipinski definition) is 1. The summed E-state index contributed by atoms with van der Waals surface area (Å²) in [5.74, 6) is 0.868. The Morgan fingerprint density at radius 2 is 2.10 bits per heavy atom. The van der Waals surface area contributed by atoms with Gasteiger partial charge in [-0.2, -0.15) is 8.78 Å². The van der Waals surface area contributed by atoms with E-state index in [1.54, 1.807) is 12.1 Å². The summed E-state index contributed by atoms with van der Waals surface area (Å²) in [4.78, 5) is 2.13. The van der Waals surface area contributed by atoms with Gasteiger partial charge in [-0.05, 0) is 24.5 Å². The minimum Gasteiger partial charge on any atom is -0.433 e. The van der Waals surface area contributed by atoms with Crippen LogP contribution < -0.4 is 15.0 Å². The first-order valence-electron chi connectivity index (χ1n) is 7.08. The highest BCUT2D eigenvalue weighted by molar-refractivity contribution is 5.58. The van der Waals surface area contributed by atoms with Gasteiger partial charge in [0.05, 0.1) is 5.69 Å². The maximum Gasteiger partial charge on any atom is 0.387 e. The molecule has 5 heteroatoms. The van der Waals surface area contributed by atoms with E-state index in [1.807, 2.05) is 12.1 Å². The second-order valence-corrected chi connectivity index (χ2v) is 5.57.